The van der Waals surface area contributed by atoms with E-state index in [0.29, 0.717) is 6.01 Å². The van der Waals surface area contributed by atoms with Crippen LogP contribution in [0.1, 0.15) is 18.5 Å². The highest BCUT2D eigenvalue weighted by Crippen LogP contribution is 2.67. The van der Waals surface area contributed by atoms with E-state index in [1.165, 1.54) is 0 Å². The fourth-order valence-corrected chi connectivity index (χ4v) is 3.79. The Hall–Kier alpha value is -0.850. The second kappa shape index (κ2) is 3.87. The maximum absolute atomic E-state index is 5.72. The van der Waals surface area contributed by atoms with Gasteiger partial charge in [-0.05, 0) is 6.92 Å². The van der Waals surface area contributed by atoms with Gasteiger partial charge >= 0.3 is 6.01 Å². The van der Waals surface area contributed by atoms with Crippen molar-refractivity contribution < 1.29 is 13.4 Å². The molecule has 0 N–H and O–H groups in total. The molecule has 87 valence electrons. The van der Waals surface area contributed by atoms with E-state index in [2.05, 4.69) is 16.0 Å². The van der Waals surface area contributed by atoms with Crippen molar-refractivity contribution in [2.75, 3.05) is 11.5 Å². The van der Waals surface area contributed by atoms with Gasteiger partial charge in [0.15, 0.2) is 0 Å². The zero-order chi connectivity index (χ0) is 11.0. The predicted octanol–water partition coefficient (Wildman–Crippen LogP) is 1.72. The Kier molecular flexibility index (Phi) is 2.49. The molecule has 0 atom stereocenters. The second-order valence-electron chi connectivity index (χ2n) is 3.99. The standard InChI is InChI=1S/C10H13N2O3S/c1-8-2-5-11-10(12-8)13-9-3-6-16(7-4-9)14-15-16/h5,9H,3-4,6-7H2,1H3. The average Bonchev–Trinajstić information content (AvgIpc) is 3.02. The lowest BCUT2D eigenvalue weighted by Gasteiger charge is -2.27. The molecule has 0 amide bonds. The van der Waals surface area contributed by atoms with Crippen molar-refractivity contribution in [1.82, 2.24) is 9.97 Å². The average molecular weight is 241 g/mol. The third-order valence-corrected chi connectivity index (χ3v) is 4.98. The van der Waals surface area contributed by atoms with Crippen LogP contribution in [0, 0.1) is 13.0 Å². The quantitative estimate of drug-likeness (QED) is 0.583. The molecule has 2 aliphatic rings. The zero-order valence-corrected chi connectivity index (χ0v) is 9.83. The normalized spacial score (nSPS) is 25.3. The number of aryl methyl sites for hydroxylation is 1. The van der Waals surface area contributed by atoms with E-state index in [4.69, 9.17) is 13.4 Å². The molecule has 2 aliphatic heterocycles. The first-order valence-electron chi connectivity index (χ1n) is 5.30. The molecule has 2 fully saturated rings. The molecule has 5 nitrogen and oxygen atoms in total. The van der Waals surface area contributed by atoms with E-state index < -0.39 is 10.6 Å². The predicted molar refractivity (Wildman–Crippen MR) is 58.8 cm³/mol. The summed E-state index contributed by atoms with van der Waals surface area (Å²) in [6.07, 6.45) is 3.69. The molecule has 0 bridgehead atoms. The maximum atomic E-state index is 5.72. The van der Waals surface area contributed by atoms with Crippen molar-refractivity contribution >= 4 is 10.6 Å². The minimum atomic E-state index is -1.09. The van der Waals surface area contributed by atoms with Crippen molar-refractivity contribution in [3.63, 3.8) is 0 Å². The number of rotatable bonds is 2. The molecule has 16 heavy (non-hydrogen) atoms. The highest BCUT2D eigenvalue weighted by atomic mass is 32.3. The lowest BCUT2D eigenvalue weighted by Crippen LogP contribution is -2.26. The Morgan fingerprint density at radius 3 is 2.81 bits per heavy atom. The van der Waals surface area contributed by atoms with Crippen molar-refractivity contribution in [3.8, 4) is 6.01 Å². The van der Waals surface area contributed by atoms with Gasteiger partial charge in [-0.25, -0.2) is 4.98 Å². The van der Waals surface area contributed by atoms with Crippen LogP contribution in [0.4, 0.5) is 0 Å². The Balaban J connectivity index is 1.59. The molecule has 1 spiro atoms. The van der Waals surface area contributed by atoms with Crippen molar-refractivity contribution in [1.29, 1.82) is 0 Å². The molecule has 6 heteroatoms. The van der Waals surface area contributed by atoms with Gasteiger partial charge in [0, 0.05) is 36.6 Å². The molecule has 3 rings (SSSR count). The Bertz CT molecular complexity index is 387. The van der Waals surface area contributed by atoms with Crippen LogP contribution in [-0.4, -0.2) is 27.6 Å². The monoisotopic (exact) mass is 241 g/mol. The van der Waals surface area contributed by atoms with Crippen LogP contribution in [0.5, 0.6) is 6.01 Å². The summed E-state index contributed by atoms with van der Waals surface area (Å²) in [5.74, 6) is 1.94. The summed E-state index contributed by atoms with van der Waals surface area (Å²) in [5.41, 5.74) is 0.803. The van der Waals surface area contributed by atoms with Crippen LogP contribution in [0.2, 0.25) is 0 Å². The summed E-state index contributed by atoms with van der Waals surface area (Å²) in [6, 6.07) is 3.34. The number of hydrogen-bond donors (Lipinski definition) is 0. The Morgan fingerprint density at radius 1 is 1.44 bits per heavy atom. The van der Waals surface area contributed by atoms with Crippen molar-refractivity contribution in [2.45, 2.75) is 25.9 Å². The minimum absolute atomic E-state index is 0.188. The molecule has 1 aromatic heterocycles. The van der Waals surface area contributed by atoms with E-state index >= 15 is 0 Å². The summed E-state index contributed by atoms with van der Waals surface area (Å²) >= 11 is 0. The molecule has 3 heterocycles. The Labute approximate surface area is 95.8 Å². The number of hydrogen-bond acceptors (Lipinski definition) is 5. The molecule has 0 aliphatic carbocycles. The van der Waals surface area contributed by atoms with Gasteiger partial charge in [0.2, 0.25) is 0 Å². The van der Waals surface area contributed by atoms with E-state index in [0.717, 1.165) is 30.0 Å². The molecule has 1 aromatic rings. The molecule has 0 saturated carbocycles. The number of nitrogens with zero attached hydrogens (tertiary/aromatic N) is 2. The van der Waals surface area contributed by atoms with E-state index in [1.54, 1.807) is 6.20 Å². The van der Waals surface area contributed by atoms with E-state index in [9.17, 15) is 0 Å². The molecule has 0 unspecified atom stereocenters. The van der Waals surface area contributed by atoms with E-state index in [1.807, 2.05) is 6.92 Å². The fourth-order valence-electron chi connectivity index (χ4n) is 1.75. The summed E-state index contributed by atoms with van der Waals surface area (Å²) in [6.45, 7) is 1.88. The first kappa shape index (κ1) is 10.3. The molecule has 1 radical (unpaired) electrons. The largest absolute Gasteiger partial charge is 0.460 e. The van der Waals surface area contributed by atoms with Crippen molar-refractivity contribution in [2.24, 2.45) is 0 Å². The molecule has 2 saturated heterocycles. The lowest BCUT2D eigenvalue weighted by atomic mass is 10.2. The number of ether oxygens (including phenoxy) is 1. The third kappa shape index (κ3) is 2.14. The number of aromatic nitrogens is 2. The SMILES string of the molecule is Cc1[c]cnc(OC2CCS3(CC2)OO3)n1. The van der Waals surface area contributed by atoms with Gasteiger partial charge in [0.25, 0.3) is 0 Å². The molecular formula is C10H13N2O3S. The van der Waals surface area contributed by atoms with E-state index in [-0.39, 0.29) is 6.10 Å². The second-order valence-corrected chi connectivity index (χ2v) is 6.56. The fraction of sp³-hybridized carbons (Fsp3) is 0.600. The lowest BCUT2D eigenvalue weighted by molar-refractivity contribution is 0.0850. The van der Waals surface area contributed by atoms with Gasteiger partial charge in [-0.3, -0.25) is 0 Å². The van der Waals surface area contributed by atoms with Gasteiger partial charge in [-0.15, -0.1) is 19.3 Å². The summed E-state index contributed by atoms with van der Waals surface area (Å²) in [7, 11) is -1.09. The van der Waals surface area contributed by atoms with Gasteiger partial charge in [-0.2, -0.15) is 4.98 Å². The zero-order valence-electron chi connectivity index (χ0n) is 9.01. The smallest absolute Gasteiger partial charge is 0.316 e. The Morgan fingerprint density at radius 2 is 2.19 bits per heavy atom. The van der Waals surface area contributed by atoms with Crippen LogP contribution < -0.4 is 4.74 Å². The van der Waals surface area contributed by atoms with Crippen LogP contribution in [-0.2, 0) is 8.67 Å². The van der Waals surface area contributed by atoms with Gasteiger partial charge in [0.1, 0.15) is 6.10 Å². The topological polar surface area (TPSA) is 60.1 Å². The molecular weight excluding hydrogens is 228 g/mol. The summed E-state index contributed by atoms with van der Waals surface area (Å²) in [4.78, 5) is 8.22. The van der Waals surface area contributed by atoms with Gasteiger partial charge in [-0.1, -0.05) is 0 Å². The third-order valence-electron chi connectivity index (χ3n) is 2.75. The van der Waals surface area contributed by atoms with Gasteiger partial charge in [0.05, 0.1) is 5.69 Å². The summed E-state index contributed by atoms with van der Waals surface area (Å²) in [5, 5.41) is 0. The van der Waals surface area contributed by atoms with Crippen LogP contribution in [0.3, 0.4) is 0 Å². The first-order valence-corrected chi connectivity index (χ1v) is 7.12. The van der Waals surface area contributed by atoms with Gasteiger partial charge < -0.3 is 4.74 Å². The first-order chi connectivity index (χ1) is 7.76. The van der Waals surface area contributed by atoms with Crippen molar-refractivity contribution in [3.05, 3.63) is 18.0 Å². The molecule has 0 aromatic carbocycles. The highest BCUT2D eigenvalue weighted by molar-refractivity contribution is 8.29. The highest BCUT2D eigenvalue weighted by Gasteiger charge is 2.42. The maximum Gasteiger partial charge on any atom is 0.316 e. The van der Waals surface area contributed by atoms with Crippen LogP contribution >= 0.6 is 10.6 Å². The van der Waals surface area contributed by atoms with Crippen LogP contribution in [0.15, 0.2) is 6.20 Å². The minimum Gasteiger partial charge on any atom is -0.460 e. The summed E-state index contributed by atoms with van der Waals surface area (Å²) < 4.78 is 15.8. The van der Waals surface area contributed by atoms with Crippen LogP contribution in [0.25, 0.3) is 0 Å².